The molecule has 1 amide bonds. The summed E-state index contributed by atoms with van der Waals surface area (Å²) in [6.07, 6.45) is 0. The van der Waals surface area contributed by atoms with Gasteiger partial charge >= 0.3 is 0 Å². The van der Waals surface area contributed by atoms with Crippen LogP contribution in [0.1, 0.15) is 19.4 Å². The van der Waals surface area contributed by atoms with Gasteiger partial charge in [-0.05, 0) is 30.8 Å². The number of nitro groups is 1. The predicted octanol–water partition coefficient (Wildman–Crippen LogP) is 3.03. The highest BCUT2D eigenvalue weighted by Gasteiger charge is 2.16. The van der Waals surface area contributed by atoms with Gasteiger partial charge in [0.15, 0.2) is 5.11 Å². The van der Waals surface area contributed by atoms with Gasteiger partial charge in [-0.25, -0.2) is 0 Å². The summed E-state index contributed by atoms with van der Waals surface area (Å²) in [6.45, 7) is 5.16. The molecule has 0 aromatic heterocycles. The number of hydrogen-bond donors (Lipinski definition) is 2. The molecule has 0 atom stereocenters. The standard InChI is InChI=1S/C12H14ClN3O3S/c1-6(2)11(17)15-12(20)14-9-5-8(13)10(16(18)19)4-7(9)3/h4-6H,1-3H3,(H2,14,15,17,20). The second-order valence-electron chi connectivity index (χ2n) is 4.47. The van der Waals surface area contributed by atoms with E-state index < -0.39 is 4.92 Å². The Kier molecular flexibility index (Phi) is 5.41. The zero-order valence-electron chi connectivity index (χ0n) is 11.2. The van der Waals surface area contributed by atoms with Gasteiger partial charge in [-0.1, -0.05) is 25.4 Å². The number of thiocarbonyl (C=S) groups is 1. The summed E-state index contributed by atoms with van der Waals surface area (Å²) < 4.78 is 0. The van der Waals surface area contributed by atoms with Crippen LogP contribution in [-0.4, -0.2) is 15.9 Å². The Morgan fingerprint density at radius 2 is 2.05 bits per heavy atom. The number of rotatable bonds is 3. The highest BCUT2D eigenvalue weighted by molar-refractivity contribution is 7.80. The first kappa shape index (κ1) is 16.3. The third-order valence-electron chi connectivity index (χ3n) is 2.50. The van der Waals surface area contributed by atoms with E-state index in [4.69, 9.17) is 23.8 Å². The Bertz CT molecular complexity index is 575. The van der Waals surface area contributed by atoms with Crippen LogP contribution in [0, 0.1) is 23.0 Å². The summed E-state index contributed by atoms with van der Waals surface area (Å²) >= 11 is 10.8. The predicted molar refractivity (Wildman–Crippen MR) is 82.0 cm³/mol. The third kappa shape index (κ3) is 4.14. The molecule has 2 N–H and O–H groups in total. The maximum absolute atomic E-state index is 11.5. The number of hydrogen-bond acceptors (Lipinski definition) is 4. The van der Waals surface area contributed by atoms with Crippen LogP contribution in [0.5, 0.6) is 0 Å². The Morgan fingerprint density at radius 1 is 1.45 bits per heavy atom. The van der Waals surface area contributed by atoms with E-state index in [1.165, 1.54) is 12.1 Å². The quantitative estimate of drug-likeness (QED) is 0.509. The van der Waals surface area contributed by atoms with Crippen LogP contribution in [0.25, 0.3) is 0 Å². The fourth-order valence-electron chi connectivity index (χ4n) is 1.35. The van der Waals surface area contributed by atoms with Crippen molar-refractivity contribution in [1.29, 1.82) is 0 Å². The number of nitrogens with zero attached hydrogens (tertiary/aromatic N) is 1. The largest absolute Gasteiger partial charge is 0.332 e. The van der Waals surface area contributed by atoms with Crippen LogP contribution in [0.2, 0.25) is 5.02 Å². The Morgan fingerprint density at radius 3 is 2.55 bits per heavy atom. The molecule has 0 saturated heterocycles. The number of anilines is 1. The minimum Gasteiger partial charge on any atom is -0.332 e. The molecular formula is C12H14ClN3O3S. The molecule has 20 heavy (non-hydrogen) atoms. The first-order valence-corrected chi connectivity index (χ1v) is 6.57. The van der Waals surface area contributed by atoms with Crippen molar-refractivity contribution in [2.75, 3.05) is 5.32 Å². The van der Waals surface area contributed by atoms with Gasteiger partial charge in [0.25, 0.3) is 5.69 Å². The van der Waals surface area contributed by atoms with Crippen LogP contribution >= 0.6 is 23.8 Å². The molecule has 0 bridgehead atoms. The highest BCUT2D eigenvalue weighted by Crippen LogP contribution is 2.30. The van der Waals surface area contributed by atoms with Crippen LogP contribution in [0.4, 0.5) is 11.4 Å². The SMILES string of the molecule is Cc1cc([N+](=O)[O-])c(Cl)cc1NC(=S)NC(=O)C(C)C. The lowest BCUT2D eigenvalue weighted by Gasteiger charge is -2.13. The van der Waals surface area contributed by atoms with Gasteiger partial charge in [0.05, 0.1) is 4.92 Å². The molecule has 0 radical (unpaired) electrons. The van der Waals surface area contributed by atoms with Crippen LogP contribution in [0.3, 0.4) is 0 Å². The molecule has 0 aliphatic rings. The molecule has 0 unspecified atom stereocenters. The molecule has 1 rings (SSSR count). The molecule has 6 nitrogen and oxygen atoms in total. The number of aryl methyl sites for hydroxylation is 1. The maximum atomic E-state index is 11.5. The maximum Gasteiger partial charge on any atom is 0.288 e. The van der Waals surface area contributed by atoms with Gasteiger partial charge < -0.3 is 10.6 Å². The van der Waals surface area contributed by atoms with E-state index in [1.54, 1.807) is 20.8 Å². The Labute approximate surface area is 126 Å². The van der Waals surface area contributed by atoms with Crippen molar-refractivity contribution in [1.82, 2.24) is 5.32 Å². The summed E-state index contributed by atoms with van der Waals surface area (Å²) in [5.41, 5.74) is 0.934. The minimum atomic E-state index is -0.558. The average molecular weight is 316 g/mol. The monoisotopic (exact) mass is 315 g/mol. The number of nitrogens with one attached hydrogen (secondary N) is 2. The fourth-order valence-corrected chi connectivity index (χ4v) is 1.79. The first-order valence-electron chi connectivity index (χ1n) is 5.78. The van der Waals surface area contributed by atoms with Crippen LogP contribution < -0.4 is 10.6 Å². The number of amides is 1. The van der Waals surface area contributed by atoms with Crippen LogP contribution in [-0.2, 0) is 4.79 Å². The molecule has 8 heteroatoms. The average Bonchev–Trinajstić information content (AvgIpc) is 2.32. The van der Waals surface area contributed by atoms with Gasteiger partial charge in [-0.2, -0.15) is 0 Å². The molecule has 1 aromatic carbocycles. The first-order chi connectivity index (χ1) is 9.22. The minimum absolute atomic E-state index is 0.00101. The van der Waals surface area contributed by atoms with E-state index in [0.717, 1.165) is 0 Å². The van der Waals surface area contributed by atoms with Crippen molar-refractivity contribution in [2.24, 2.45) is 5.92 Å². The number of carbonyl (C=O) groups excluding carboxylic acids is 1. The van der Waals surface area contributed by atoms with Crippen molar-refractivity contribution in [3.05, 3.63) is 32.8 Å². The number of nitro benzene ring substituents is 1. The Hall–Kier alpha value is -1.73. The topological polar surface area (TPSA) is 84.3 Å². The van der Waals surface area contributed by atoms with Crippen LogP contribution in [0.15, 0.2) is 12.1 Å². The van der Waals surface area contributed by atoms with E-state index in [1.807, 2.05) is 0 Å². The van der Waals surface area contributed by atoms with Gasteiger partial charge in [-0.15, -0.1) is 0 Å². The van der Waals surface area contributed by atoms with Crippen molar-refractivity contribution in [2.45, 2.75) is 20.8 Å². The van der Waals surface area contributed by atoms with E-state index in [0.29, 0.717) is 11.3 Å². The molecule has 0 aliphatic heterocycles. The summed E-state index contributed by atoms with van der Waals surface area (Å²) in [5.74, 6) is -0.413. The second kappa shape index (κ2) is 6.62. The van der Waals surface area contributed by atoms with E-state index >= 15 is 0 Å². The summed E-state index contributed by atoms with van der Waals surface area (Å²) in [5, 5.41) is 16.2. The van der Waals surface area contributed by atoms with Crippen molar-refractivity contribution >= 4 is 46.2 Å². The zero-order chi connectivity index (χ0) is 15.4. The normalized spacial score (nSPS) is 10.2. The van der Waals surface area contributed by atoms with Gasteiger partial charge in [-0.3, -0.25) is 14.9 Å². The number of carbonyl (C=O) groups is 1. The van der Waals surface area contributed by atoms with Gasteiger partial charge in [0.1, 0.15) is 5.02 Å². The summed E-state index contributed by atoms with van der Waals surface area (Å²) in [7, 11) is 0. The van der Waals surface area contributed by atoms with E-state index in [9.17, 15) is 14.9 Å². The summed E-state index contributed by atoms with van der Waals surface area (Å²) in [6, 6.07) is 2.75. The van der Waals surface area contributed by atoms with Crippen molar-refractivity contribution in [3.8, 4) is 0 Å². The van der Waals surface area contributed by atoms with E-state index in [-0.39, 0.29) is 27.6 Å². The molecule has 108 valence electrons. The number of halogens is 1. The molecule has 0 fully saturated rings. The van der Waals surface area contributed by atoms with Crippen molar-refractivity contribution < 1.29 is 9.72 Å². The zero-order valence-corrected chi connectivity index (χ0v) is 12.8. The fraction of sp³-hybridized carbons (Fsp3) is 0.333. The highest BCUT2D eigenvalue weighted by atomic mass is 35.5. The number of benzene rings is 1. The smallest absolute Gasteiger partial charge is 0.288 e. The molecule has 0 aliphatic carbocycles. The molecule has 0 heterocycles. The molecular weight excluding hydrogens is 302 g/mol. The van der Waals surface area contributed by atoms with E-state index in [2.05, 4.69) is 10.6 Å². The summed E-state index contributed by atoms with van der Waals surface area (Å²) in [4.78, 5) is 21.7. The lowest BCUT2D eigenvalue weighted by atomic mass is 10.2. The molecule has 0 saturated carbocycles. The lowest BCUT2D eigenvalue weighted by Crippen LogP contribution is -2.36. The lowest BCUT2D eigenvalue weighted by molar-refractivity contribution is -0.384. The molecule has 0 spiro atoms. The van der Waals surface area contributed by atoms with Crippen molar-refractivity contribution in [3.63, 3.8) is 0 Å². The van der Waals surface area contributed by atoms with Gasteiger partial charge in [0.2, 0.25) is 5.91 Å². The third-order valence-corrected chi connectivity index (χ3v) is 3.01. The Balaban J connectivity index is 2.89. The van der Waals surface area contributed by atoms with Gasteiger partial charge in [0, 0.05) is 17.7 Å². The second-order valence-corrected chi connectivity index (χ2v) is 5.29. The molecule has 1 aromatic rings.